The van der Waals surface area contributed by atoms with Gasteiger partial charge in [0, 0.05) is 6.20 Å². The number of amides is 1. The molecule has 0 saturated heterocycles. The molecule has 1 aromatic heterocycles. The molecular weight excluding hydrogens is 223 g/mol. The molecule has 0 aliphatic heterocycles. The fourth-order valence-electron chi connectivity index (χ4n) is 1.02. The lowest BCUT2D eigenvalue weighted by molar-refractivity contribution is -0.00293. The SMILES string of the molecule is CC(C)(O)C(C)(C)NC(=O)c1ccc(F)nc1. The Bertz CT molecular complexity index is 408. The molecule has 0 aromatic carbocycles. The van der Waals surface area contributed by atoms with E-state index in [-0.39, 0.29) is 5.56 Å². The van der Waals surface area contributed by atoms with Crippen molar-refractivity contribution in [1.29, 1.82) is 0 Å². The molecule has 0 fully saturated rings. The monoisotopic (exact) mass is 240 g/mol. The van der Waals surface area contributed by atoms with Crippen LogP contribution >= 0.6 is 0 Å². The maximum atomic E-state index is 12.6. The maximum absolute atomic E-state index is 12.6. The number of pyridine rings is 1. The van der Waals surface area contributed by atoms with E-state index in [0.717, 1.165) is 12.3 Å². The summed E-state index contributed by atoms with van der Waals surface area (Å²) in [6.45, 7) is 6.64. The van der Waals surface area contributed by atoms with Crippen molar-refractivity contribution in [1.82, 2.24) is 10.3 Å². The van der Waals surface area contributed by atoms with Crippen molar-refractivity contribution in [3.05, 3.63) is 29.8 Å². The van der Waals surface area contributed by atoms with Crippen molar-refractivity contribution in [3.8, 4) is 0 Å². The maximum Gasteiger partial charge on any atom is 0.253 e. The van der Waals surface area contributed by atoms with E-state index >= 15 is 0 Å². The molecule has 4 nitrogen and oxygen atoms in total. The number of carbonyl (C=O) groups is 1. The van der Waals surface area contributed by atoms with Crippen LogP contribution in [0.4, 0.5) is 4.39 Å². The highest BCUT2D eigenvalue weighted by Gasteiger charge is 2.36. The number of hydrogen-bond donors (Lipinski definition) is 2. The zero-order chi connectivity index (χ0) is 13.3. The van der Waals surface area contributed by atoms with E-state index in [1.807, 2.05) is 0 Å². The van der Waals surface area contributed by atoms with Crippen LogP contribution in [0.5, 0.6) is 0 Å². The molecule has 2 N–H and O–H groups in total. The summed E-state index contributed by atoms with van der Waals surface area (Å²) in [5, 5.41) is 12.6. The van der Waals surface area contributed by atoms with E-state index in [4.69, 9.17) is 0 Å². The Balaban J connectivity index is 2.83. The van der Waals surface area contributed by atoms with Gasteiger partial charge in [-0.1, -0.05) is 0 Å². The van der Waals surface area contributed by atoms with Crippen molar-refractivity contribution in [2.45, 2.75) is 38.8 Å². The number of carbonyl (C=O) groups excluding carboxylic acids is 1. The molecule has 5 heteroatoms. The first-order valence-corrected chi connectivity index (χ1v) is 5.30. The van der Waals surface area contributed by atoms with Gasteiger partial charge in [-0.25, -0.2) is 4.98 Å². The predicted octanol–water partition coefficient (Wildman–Crippen LogP) is 1.50. The van der Waals surface area contributed by atoms with Gasteiger partial charge in [0.25, 0.3) is 5.91 Å². The first kappa shape index (κ1) is 13.6. The fraction of sp³-hybridized carbons (Fsp3) is 0.500. The van der Waals surface area contributed by atoms with Gasteiger partial charge in [0.15, 0.2) is 0 Å². The number of halogens is 1. The summed E-state index contributed by atoms with van der Waals surface area (Å²) in [5.41, 5.74) is -1.63. The Hall–Kier alpha value is -1.49. The number of aliphatic hydroxyl groups is 1. The second-order valence-electron chi connectivity index (χ2n) is 5.01. The Kier molecular flexibility index (Phi) is 3.52. The lowest BCUT2D eigenvalue weighted by Crippen LogP contribution is -2.57. The van der Waals surface area contributed by atoms with Gasteiger partial charge in [0.05, 0.1) is 16.7 Å². The molecule has 0 unspecified atom stereocenters. The van der Waals surface area contributed by atoms with E-state index in [1.165, 1.54) is 6.07 Å². The minimum atomic E-state index is -1.07. The van der Waals surface area contributed by atoms with Gasteiger partial charge in [0.2, 0.25) is 5.95 Å². The molecule has 1 aromatic rings. The Morgan fingerprint density at radius 3 is 2.35 bits per heavy atom. The lowest BCUT2D eigenvalue weighted by atomic mass is 9.86. The van der Waals surface area contributed by atoms with Crippen LogP contribution in [0.15, 0.2) is 18.3 Å². The van der Waals surface area contributed by atoms with Crippen LogP contribution in [0.25, 0.3) is 0 Å². The second-order valence-corrected chi connectivity index (χ2v) is 5.01. The van der Waals surface area contributed by atoms with Gasteiger partial charge < -0.3 is 10.4 Å². The molecule has 0 aliphatic rings. The molecule has 0 aliphatic carbocycles. The molecule has 0 radical (unpaired) electrons. The standard InChI is InChI=1S/C12H17FN2O2/c1-11(2,12(3,4)17)15-10(16)8-5-6-9(13)14-7-8/h5-7,17H,1-4H3,(H,15,16). The minimum absolute atomic E-state index is 0.253. The largest absolute Gasteiger partial charge is 0.388 e. The second kappa shape index (κ2) is 4.41. The molecule has 0 bridgehead atoms. The van der Waals surface area contributed by atoms with Crippen molar-refractivity contribution in [2.75, 3.05) is 0 Å². The summed E-state index contributed by atoms with van der Waals surface area (Å²) < 4.78 is 12.6. The third-order valence-corrected chi connectivity index (χ3v) is 2.95. The summed E-state index contributed by atoms with van der Waals surface area (Å²) in [5.74, 6) is -1.03. The van der Waals surface area contributed by atoms with Gasteiger partial charge in [0.1, 0.15) is 0 Å². The van der Waals surface area contributed by atoms with Crippen LogP contribution in [0.1, 0.15) is 38.1 Å². The number of aromatic nitrogens is 1. The van der Waals surface area contributed by atoms with E-state index in [1.54, 1.807) is 27.7 Å². The highest BCUT2D eigenvalue weighted by atomic mass is 19.1. The minimum Gasteiger partial charge on any atom is -0.388 e. The van der Waals surface area contributed by atoms with Crippen molar-refractivity contribution < 1.29 is 14.3 Å². The van der Waals surface area contributed by atoms with Gasteiger partial charge in [-0.15, -0.1) is 0 Å². The number of nitrogens with one attached hydrogen (secondary N) is 1. The van der Waals surface area contributed by atoms with Crippen LogP contribution in [-0.2, 0) is 0 Å². The quantitative estimate of drug-likeness (QED) is 0.787. The van der Waals surface area contributed by atoms with Crippen LogP contribution in [-0.4, -0.2) is 27.1 Å². The van der Waals surface area contributed by atoms with E-state index in [0.29, 0.717) is 0 Å². The molecule has 94 valence electrons. The van der Waals surface area contributed by atoms with Crippen LogP contribution < -0.4 is 5.32 Å². The third kappa shape index (κ3) is 3.23. The van der Waals surface area contributed by atoms with E-state index in [9.17, 15) is 14.3 Å². The van der Waals surface area contributed by atoms with E-state index in [2.05, 4.69) is 10.3 Å². The summed E-state index contributed by atoms with van der Waals surface area (Å²) in [6.07, 6.45) is 1.16. The zero-order valence-corrected chi connectivity index (χ0v) is 10.4. The van der Waals surface area contributed by atoms with Gasteiger partial charge in [-0.3, -0.25) is 4.79 Å². The van der Waals surface area contributed by atoms with Crippen molar-refractivity contribution in [2.24, 2.45) is 0 Å². The number of rotatable bonds is 3. The van der Waals surface area contributed by atoms with Crippen LogP contribution in [0, 0.1) is 5.95 Å². The summed E-state index contributed by atoms with van der Waals surface area (Å²) in [6, 6.07) is 2.46. The molecule has 0 saturated carbocycles. The van der Waals surface area contributed by atoms with E-state index < -0.39 is 23.0 Å². The van der Waals surface area contributed by atoms with Crippen LogP contribution in [0.3, 0.4) is 0 Å². The van der Waals surface area contributed by atoms with Crippen molar-refractivity contribution in [3.63, 3.8) is 0 Å². The topological polar surface area (TPSA) is 62.2 Å². The highest BCUT2D eigenvalue weighted by molar-refractivity contribution is 5.94. The Labute approximate surface area is 99.9 Å². The zero-order valence-electron chi connectivity index (χ0n) is 10.4. The third-order valence-electron chi connectivity index (χ3n) is 2.95. The van der Waals surface area contributed by atoms with Crippen LogP contribution in [0.2, 0.25) is 0 Å². The van der Waals surface area contributed by atoms with Gasteiger partial charge in [-0.05, 0) is 39.8 Å². The first-order chi connectivity index (χ1) is 7.63. The van der Waals surface area contributed by atoms with Crippen molar-refractivity contribution >= 4 is 5.91 Å². The fourth-order valence-corrected chi connectivity index (χ4v) is 1.02. The first-order valence-electron chi connectivity index (χ1n) is 5.30. The van der Waals surface area contributed by atoms with Gasteiger partial charge in [-0.2, -0.15) is 4.39 Å². The smallest absolute Gasteiger partial charge is 0.253 e. The predicted molar refractivity (Wildman–Crippen MR) is 62.0 cm³/mol. The molecule has 17 heavy (non-hydrogen) atoms. The number of nitrogens with zero attached hydrogens (tertiary/aromatic N) is 1. The molecule has 1 amide bonds. The highest BCUT2D eigenvalue weighted by Crippen LogP contribution is 2.20. The molecule has 0 atom stereocenters. The molecule has 0 spiro atoms. The number of hydrogen-bond acceptors (Lipinski definition) is 3. The average molecular weight is 240 g/mol. The Morgan fingerprint density at radius 1 is 1.35 bits per heavy atom. The van der Waals surface area contributed by atoms with Gasteiger partial charge >= 0.3 is 0 Å². The summed E-state index contributed by atoms with van der Waals surface area (Å²) in [7, 11) is 0. The molecular formula is C12H17FN2O2. The lowest BCUT2D eigenvalue weighted by Gasteiger charge is -2.37. The molecule has 1 rings (SSSR count). The summed E-state index contributed by atoms with van der Waals surface area (Å²) >= 11 is 0. The normalized spacial score (nSPS) is 12.4. The molecule has 1 heterocycles. The average Bonchev–Trinajstić information content (AvgIpc) is 2.16. The summed E-state index contributed by atoms with van der Waals surface area (Å²) in [4.78, 5) is 15.2. The Morgan fingerprint density at radius 2 is 1.94 bits per heavy atom.